The molecule has 31 heavy (non-hydrogen) atoms. The number of rotatable bonds is 21. The molecule has 0 heterocycles. The first-order chi connectivity index (χ1) is 15.1. The van der Waals surface area contributed by atoms with Gasteiger partial charge < -0.3 is 9.84 Å². The van der Waals surface area contributed by atoms with Crippen LogP contribution in [-0.2, 0) is 14.3 Å². The van der Waals surface area contributed by atoms with Gasteiger partial charge >= 0.3 is 11.9 Å². The van der Waals surface area contributed by atoms with Crippen LogP contribution in [0.15, 0.2) is 36.5 Å². The fourth-order valence-electron chi connectivity index (χ4n) is 3.29. The number of carboxylic acids is 1. The van der Waals surface area contributed by atoms with Gasteiger partial charge in [-0.25, -0.2) is 0 Å². The summed E-state index contributed by atoms with van der Waals surface area (Å²) < 4.78 is 5.74. The van der Waals surface area contributed by atoms with Crippen molar-refractivity contribution >= 4 is 11.9 Å². The molecule has 0 fully saturated rings. The molecule has 0 aromatic rings. The summed E-state index contributed by atoms with van der Waals surface area (Å²) in [6, 6.07) is 0. The number of carbonyl (C=O) groups excluding carboxylic acids is 1. The maximum absolute atomic E-state index is 12.2. The Hall–Kier alpha value is -1.84. The summed E-state index contributed by atoms with van der Waals surface area (Å²) in [5.41, 5.74) is 0. The number of hydrogen-bond acceptors (Lipinski definition) is 3. The van der Waals surface area contributed by atoms with Crippen LogP contribution in [0.5, 0.6) is 0 Å². The van der Waals surface area contributed by atoms with Crippen LogP contribution in [0, 0.1) is 0 Å². The number of unbranched alkanes of at least 4 members (excludes halogenated alkanes) is 8. The minimum atomic E-state index is -0.710. The van der Waals surface area contributed by atoms with Crippen LogP contribution in [0.2, 0.25) is 0 Å². The Bertz CT molecular complexity index is 519. The van der Waals surface area contributed by atoms with Gasteiger partial charge in [0.2, 0.25) is 0 Å². The summed E-state index contributed by atoms with van der Waals surface area (Å²) >= 11 is 0. The molecule has 0 aliphatic heterocycles. The van der Waals surface area contributed by atoms with Gasteiger partial charge in [0.15, 0.2) is 0 Å². The Morgan fingerprint density at radius 1 is 0.742 bits per heavy atom. The quantitative estimate of drug-likeness (QED) is 0.113. The molecule has 4 heteroatoms. The summed E-state index contributed by atoms with van der Waals surface area (Å²) in [4.78, 5) is 22.7. The number of carbonyl (C=O) groups is 2. The Balaban J connectivity index is 4.26. The standard InChI is InChI=1S/C27H46O4/c1-3-5-7-9-10-11-14-17-21-25(31-27(30)24-20-8-6-4-2)22-18-15-12-13-16-19-23-26(28)29/h5,7,10-11,17,21,25H,3-4,6,8-9,12-16,18-20,22-24H2,1-2H3,(H,28,29)/b7-5-,11-10-,21-17-. The first kappa shape index (κ1) is 29.2. The predicted octanol–water partition coefficient (Wildman–Crippen LogP) is 7.93. The molecule has 0 aromatic heterocycles. The van der Waals surface area contributed by atoms with Crippen molar-refractivity contribution in [2.24, 2.45) is 0 Å². The molecular weight excluding hydrogens is 388 g/mol. The Morgan fingerprint density at radius 2 is 1.32 bits per heavy atom. The largest absolute Gasteiger partial charge is 0.481 e. The number of hydrogen-bond donors (Lipinski definition) is 1. The van der Waals surface area contributed by atoms with Crippen LogP contribution in [0.25, 0.3) is 0 Å². The Morgan fingerprint density at radius 3 is 2.00 bits per heavy atom. The lowest BCUT2D eigenvalue weighted by molar-refractivity contribution is -0.147. The van der Waals surface area contributed by atoms with Crippen molar-refractivity contribution in [2.75, 3.05) is 0 Å². The Kier molecular flexibility index (Phi) is 21.5. The molecule has 0 aliphatic rings. The molecule has 0 bridgehead atoms. The van der Waals surface area contributed by atoms with Crippen molar-refractivity contribution in [1.82, 2.24) is 0 Å². The fourth-order valence-corrected chi connectivity index (χ4v) is 3.29. The summed E-state index contributed by atoms with van der Waals surface area (Å²) in [7, 11) is 0. The first-order valence-corrected chi connectivity index (χ1v) is 12.5. The van der Waals surface area contributed by atoms with E-state index >= 15 is 0 Å². The van der Waals surface area contributed by atoms with E-state index in [0.29, 0.717) is 6.42 Å². The molecule has 0 radical (unpaired) electrons. The lowest BCUT2D eigenvalue weighted by Crippen LogP contribution is -2.16. The van der Waals surface area contributed by atoms with Crippen molar-refractivity contribution in [2.45, 2.75) is 123 Å². The highest BCUT2D eigenvalue weighted by molar-refractivity contribution is 5.69. The highest BCUT2D eigenvalue weighted by Crippen LogP contribution is 2.14. The second-order valence-corrected chi connectivity index (χ2v) is 8.14. The molecule has 1 N–H and O–H groups in total. The number of aliphatic carboxylic acids is 1. The van der Waals surface area contributed by atoms with E-state index in [1.54, 1.807) is 0 Å². The van der Waals surface area contributed by atoms with Crippen molar-refractivity contribution in [1.29, 1.82) is 0 Å². The molecule has 0 spiro atoms. The van der Waals surface area contributed by atoms with Crippen LogP contribution >= 0.6 is 0 Å². The van der Waals surface area contributed by atoms with Gasteiger partial charge in [0.25, 0.3) is 0 Å². The van der Waals surface area contributed by atoms with Gasteiger partial charge in [0.1, 0.15) is 6.10 Å². The zero-order chi connectivity index (χ0) is 23.0. The summed E-state index contributed by atoms with van der Waals surface area (Å²) in [6.07, 6.45) is 27.5. The fraction of sp³-hybridized carbons (Fsp3) is 0.704. The smallest absolute Gasteiger partial charge is 0.306 e. The number of ether oxygens (including phenoxy) is 1. The molecule has 0 saturated carbocycles. The van der Waals surface area contributed by atoms with Gasteiger partial charge in [-0.2, -0.15) is 0 Å². The monoisotopic (exact) mass is 434 g/mol. The first-order valence-electron chi connectivity index (χ1n) is 12.5. The van der Waals surface area contributed by atoms with Gasteiger partial charge in [-0.1, -0.05) is 89.2 Å². The molecule has 0 saturated heterocycles. The van der Waals surface area contributed by atoms with E-state index in [2.05, 4.69) is 44.2 Å². The van der Waals surface area contributed by atoms with Gasteiger partial charge in [0, 0.05) is 12.8 Å². The van der Waals surface area contributed by atoms with E-state index < -0.39 is 5.97 Å². The maximum Gasteiger partial charge on any atom is 0.306 e. The SMILES string of the molecule is CC/C=C\C/C=C\C/C=C\C(CCCCCCCCC(=O)O)OC(=O)CCCCCC. The van der Waals surface area contributed by atoms with Crippen molar-refractivity contribution in [3.05, 3.63) is 36.5 Å². The highest BCUT2D eigenvalue weighted by atomic mass is 16.5. The topological polar surface area (TPSA) is 63.6 Å². The molecule has 4 nitrogen and oxygen atoms in total. The van der Waals surface area contributed by atoms with E-state index in [9.17, 15) is 9.59 Å². The van der Waals surface area contributed by atoms with E-state index in [1.807, 2.05) is 6.08 Å². The Labute approximate surface area is 190 Å². The molecule has 1 unspecified atom stereocenters. The average Bonchev–Trinajstić information content (AvgIpc) is 2.74. The van der Waals surface area contributed by atoms with Crippen LogP contribution in [0.3, 0.4) is 0 Å². The van der Waals surface area contributed by atoms with Crippen molar-refractivity contribution in [3.8, 4) is 0 Å². The van der Waals surface area contributed by atoms with E-state index in [0.717, 1.165) is 77.0 Å². The molecule has 1 atom stereocenters. The molecule has 0 aliphatic carbocycles. The van der Waals surface area contributed by atoms with Gasteiger partial charge in [0.05, 0.1) is 0 Å². The minimum absolute atomic E-state index is 0.0836. The van der Waals surface area contributed by atoms with Crippen molar-refractivity contribution in [3.63, 3.8) is 0 Å². The zero-order valence-electron chi connectivity index (χ0n) is 20.0. The summed E-state index contributed by atoms with van der Waals surface area (Å²) in [5, 5.41) is 8.67. The summed E-state index contributed by atoms with van der Waals surface area (Å²) in [6.45, 7) is 4.30. The maximum atomic E-state index is 12.2. The van der Waals surface area contributed by atoms with Crippen LogP contribution < -0.4 is 0 Å². The number of allylic oxidation sites excluding steroid dienone is 5. The number of carboxylic acid groups (broad SMARTS) is 1. The number of esters is 1. The second-order valence-electron chi connectivity index (χ2n) is 8.14. The molecular formula is C27H46O4. The average molecular weight is 435 g/mol. The molecule has 0 amide bonds. The predicted molar refractivity (Wildman–Crippen MR) is 130 cm³/mol. The van der Waals surface area contributed by atoms with Crippen molar-refractivity contribution < 1.29 is 19.4 Å². The third-order valence-corrected chi connectivity index (χ3v) is 5.11. The minimum Gasteiger partial charge on any atom is -0.481 e. The normalized spacial score (nSPS) is 12.8. The van der Waals surface area contributed by atoms with E-state index in [1.165, 1.54) is 12.8 Å². The molecule has 178 valence electrons. The van der Waals surface area contributed by atoms with Gasteiger partial charge in [-0.3, -0.25) is 9.59 Å². The molecule has 0 aromatic carbocycles. The van der Waals surface area contributed by atoms with Crippen LogP contribution in [0.4, 0.5) is 0 Å². The second kappa shape index (κ2) is 22.8. The van der Waals surface area contributed by atoms with Crippen LogP contribution in [0.1, 0.15) is 117 Å². The third-order valence-electron chi connectivity index (χ3n) is 5.11. The lowest BCUT2D eigenvalue weighted by Gasteiger charge is -2.14. The van der Waals surface area contributed by atoms with E-state index in [4.69, 9.17) is 9.84 Å². The van der Waals surface area contributed by atoms with Gasteiger partial charge in [-0.15, -0.1) is 0 Å². The van der Waals surface area contributed by atoms with E-state index in [-0.39, 0.29) is 18.5 Å². The third kappa shape index (κ3) is 22.7. The lowest BCUT2D eigenvalue weighted by atomic mass is 10.1. The highest BCUT2D eigenvalue weighted by Gasteiger charge is 2.11. The summed E-state index contributed by atoms with van der Waals surface area (Å²) in [5.74, 6) is -0.793. The van der Waals surface area contributed by atoms with Crippen LogP contribution in [-0.4, -0.2) is 23.1 Å². The zero-order valence-corrected chi connectivity index (χ0v) is 20.0. The molecule has 0 rings (SSSR count). The van der Waals surface area contributed by atoms with Gasteiger partial charge in [-0.05, 0) is 51.0 Å².